The molecule has 6 nitrogen and oxygen atoms in total. The molecule has 25 heavy (non-hydrogen) atoms. The number of ketones is 1. The van der Waals surface area contributed by atoms with Crippen molar-refractivity contribution in [1.29, 1.82) is 0 Å². The first kappa shape index (κ1) is 16.7. The number of aromatic nitrogens is 2. The van der Waals surface area contributed by atoms with Crippen LogP contribution in [0.5, 0.6) is 5.75 Å². The number of carboxylic acid groups (broad SMARTS) is 1. The maximum atomic E-state index is 12.6. The van der Waals surface area contributed by atoms with Gasteiger partial charge >= 0.3 is 5.97 Å². The van der Waals surface area contributed by atoms with Crippen LogP contribution >= 0.6 is 11.6 Å². The first-order valence-electron chi connectivity index (χ1n) is 7.29. The minimum Gasteiger partial charge on any atom is -0.507 e. The molecule has 0 aliphatic rings. The summed E-state index contributed by atoms with van der Waals surface area (Å²) < 4.78 is 1.33. The first-order chi connectivity index (χ1) is 11.9. The number of aromatic carboxylic acids is 1. The maximum absolute atomic E-state index is 12.6. The largest absolute Gasteiger partial charge is 0.507 e. The minimum atomic E-state index is -1.09. The maximum Gasteiger partial charge on any atom is 0.335 e. The Morgan fingerprint density at radius 3 is 2.60 bits per heavy atom. The summed E-state index contributed by atoms with van der Waals surface area (Å²) in [7, 11) is 0. The van der Waals surface area contributed by atoms with E-state index in [4.69, 9.17) is 16.7 Å². The number of carbonyl (C=O) groups excluding carboxylic acids is 1. The number of benzene rings is 2. The van der Waals surface area contributed by atoms with Crippen LogP contribution in [-0.4, -0.2) is 31.7 Å². The van der Waals surface area contributed by atoms with Gasteiger partial charge in [0.1, 0.15) is 5.75 Å². The normalized spacial score (nSPS) is 10.6. The Hall–Kier alpha value is -3.12. The van der Waals surface area contributed by atoms with Crippen molar-refractivity contribution in [3.05, 3.63) is 76.1 Å². The number of phenols is 1. The molecule has 3 rings (SSSR count). The van der Waals surface area contributed by atoms with E-state index < -0.39 is 11.8 Å². The molecule has 0 aliphatic carbocycles. The number of nitrogens with zero attached hydrogens (tertiary/aromatic N) is 2. The van der Waals surface area contributed by atoms with Gasteiger partial charge in [-0.15, -0.1) is 0 Å². The third-order valence-electron chi connectivity index (χ3n) is 3.68. The van der Waals surface area contributed by atoms with Crippen LogP contribution in [0.2, 0.25) is 5.02 Å². The van der Waals surface area contributed by atoms with Crippen molar-refractivity contribution < 1.29 is 19.8 Å². The van der Waals surface area contributed by atoms with Crippen molar-refractivity contribution in [3.63, 3.8) is 0 Å². The lowest BCUT2D eigenvalue weighted by Crippen LogP contribution is -2.02. The van der Waals surface area contributed by atoms with E-state index in [0.717, 1.165) is 5.56 Å². The standard InChI is InChI=1S/C18H13ClN2O4/c1-10-2-5-16(22)13(6-10)17(23)12-8-20-21(9-12)15-7-11(18(24)25)3-4-14(15)19/h2-9,22H,1H3,(H,24,25). The predicted molar refractivity (Wildman–Crippen MR) is 91.8 cm³/mol. The number of aryl methyl sites for hydroxylation is 1. The highest BCUT2D eigenvalue weighted by atomic mass is 35.5. The summed E-state index contributed by atoms with van der Waals surface area (Å²) in [6.07, 6.45) is 2.78. The smallest absolute Gasteiger partial charge is 0.335 e. The van der Waals surface area contributed by atoms with Gasteiger partial charge in [0.2, 0.25) is 0 Å². The molecule has 0 saturated heterocycles. The molecule has 3 aromatic rings. The zero-order valence-corrected chi connectivity index (χ0v) is 13.9. The van der Waals surface area contributed by atoms with Crippen molar-refractivity contribution >= 4 is 23.4 Å². The Labute approximate surface area is 147 Å². The average Bonchev–Trinajstić information content (AvgIpc) is 3.06. The van der Waals surface area contributed by atoms with Crippen LogP contribution in [0.1, 0.15) is 31.8 Å². The Bertz CT molecular complexity index is 994. The molecule has 0 fully saturated rings. The molecule has 0 bridgehead atoms. The quantitative estimate of drug-likeness (QED) is 0.698. The summed E-state index contributed by atoms with van der Waals surface area (Å²) in [6, 6.07) is 8.96. The molecule has 0 spiro atoms. The number of rotatable bonds is 4. The topological polar surface area (TPSA) is 92.4 Å². The molecule has 0 amide bonds. The SMILES string of the molecule is Cc1ccc(O)c(C(=O)c2cnn(-c3cc(C(=O)O)ccc3Cl)c2)c1. The van der Waals surface area contributed by atoms with Gasteiger partial charge < -0.3 is 10.2 Å². The molecule has 0 radical (unpaired) electrons. The number of halogens is 1. The van der Waals surface area contributed by atoms with Gasteiger partial charge in [-0.25, -0.2) is 9.48 Å². The minimum absolute atomic E-state index is 0.0547. The number of hydrogen-bond acceptors (Lipinski definition) is 4. The summed E-state index contributed by atoms with van der Waals surface area (Å²) in [6.45, 7) is 1.82. The van der Waals surface area contributed by atoms with Crippen molar-refractivity contribution in [1.82, 2.24) is 9.78 Å². The Morgan fingerprint density at radius 2 is 1.88 bits per heavy atom. The van der Waals surface area contributed by atoms with Gasteiger partial charge in [0.25, 0.3) is 0 Å². The second-order valence-corrected chi connectivity index (χ2v) is 5.90. The van der Waals surface area contributed by atoms with Crippen molar-refractivity contribution in [2.75, 3.05) is 0 Å². The van der Waals surface area contributed by atoms with E-state index in [1.54, 1.807) is 12.1 Å². The second kappa shape index (κ2) is 6.41. The molecule has 126 valence electrons. The molecule has 0 aliphatic heterocycles. The van der Waals surface area contributed by atoms with Crippen molar-refractivity contribution in [3.8, 4) is 11.4 Å². The lowest BCUT2D eigenvalue weighted by atomic mass is 10.0. The van der Waals surface area contributed by atoms with E-state index in [1.165, 1.54) is 41.3 Å². The van der Waals surface area contributed by atoms with Crippen LogP contribution < -0.4 is 0 Å². The van der Waals surface area contributed by atoms with Gasteiger partial charge in [0.15, 0.2) is 5.78 Å². The van der Waals surface area contributed by atoms with E-state index in [1.807, 2.05) is 6.92 Å². The third kappa shape index (κ3) is 3.25. The van der Waals surface area contributed by atoms with Crippen LogP contribution in [0.3, 0.4) is 0 Å². The van der Waals surface area contributed by atoms with Crippen LogP contribution in [-0.2, 0) is 0 Å². The summed E-state index contributed by atoms with van der Waals surface area (Å²) in [5.41, 5.74) is 1.65. The third-order valence-corrected chi connectivity index (χ3v) is 4.00. The highest BCUT2D eigenvalue weighted by molar-refractivity contribution is 6.32. The van der Waals surface area contributed by atoms with Crippen molar-refractivity contribution in [2.45, 2.75) is 6.92 Å². The molecule has 7 heteroatoms. The lowest BCUT2D eigenvalue weighted by molar-refractivity contribution is 0.0696. The highest BCUT2D eigenvalue weighted by Gasteiger charge is 2.17. The van der Waals surface area contributed by atoms with Crippen LogP contribution in [0.25, 0.3) is 5.69 Å². The summed E-state index contributed by atoms with van der Waals surface area (Å²) in [5, 5.41) is 23.4. The van der Waals surface area contributed by atoms with Gasteiger partial charge in [-0.05, 0) is 37.3 Å². The molecule has 1 heterocycles. The summed E-state index contributed by atoms with van der Waals surface area (Å²) in [4.78, 5) is 23.7. The number of aromatic hydroxyl groups is 1. The average molecular weight is 357 g/mol. The number of carbonyl (C=O) groups is 2. The zero-order chi connectivity index (χ0) is 18.1. The lowest BCUT2D eigenvalue weighted by Gasteiger charge is -2.06. The van der Waals surface area contributed by atoms with Gasteiger partial charge in [-0.1, -0.05) is 23.2 Å². The van der Waals surface area contributed by atoms with E-state index in [-0.39, 0.29) is 22.4 Å². The number of phenolic OH excluding ortho intramolecular Hbond substituents is 1. The van der Waals surface area contributed by atoms with E-state index in [2.05, 4.69) is 5.10 Å². The highest BCUT2D eigenvalue weighted by Crippen LogP contribution is 2.24. The van der Waals surface area contributed by atoms with Gasteiger partial charge in [0.05, 0.1) is 33.6 Å². The van der Waals surface area contributed by atoms with E-state index >= 15 is 0 Å². The molecular formula is C18H13ClN2O4. The molecule has 1 aromatic heterocycles. The van der Waals surface area contributed by atoms with Crippen LogP contribution in [0.15, 0.2) is 48.8 Å². The second-order valence-electron chi connectivity index (χ2n) is 5.49. The molecule has 0 unspecified atom stereocenters. The van der Waals surface area contributed by atoms with Crippen molar-refractivity contribution in [2.24, 2.45) is 0 Å². The zero-order valence-electron chi connectivity index (χ0n) is 13.1. The summed E-state index contributed by atoms with van der Waals surface area (Å²) in [5.74, 6) is -1.60. The number of carboxylic acids is 1. The monoisotopic (exact) mass is 356 g/mol. The van der Waals surface area contributed by atoms with E-state index in [9.17, 15) is 14.7 Å². The Morgan fingerprint density at radius 1 is 1.12 bits per heavy atom. The van der Waals surface area contributed by atoms with E-state index in [0.29, 0.717) is 10.7 Å². The van der Waals surface area contributed by atoms with Crippen LogP contribution in [0.4, 0.5) is 0 Å². The Balaban J connectivity index is 2.01. The molecular weight excluding hydrogens is 344 g/mol. The van der Waals surface area contributed by atoms with Gasteiger partial charge in [0, 0.05) is 6.20 Å². The summed E-state index contributed by atoms with van der Waals surface area (Å²) >= 11 is 6.11. The fraction of sp³-hybridized carbons (Fsp3) is 0.0556. The van der Waals surface area contributed by atoms with Gasteiger partial charge in [-0.3, -0.25) is 4.79 Å². The molecule has 0 atom stereocenters. The fourth-order valence-corrected chi connectivity index (χ4v) is 2.58. The Kier molecular flexibility index (Phi) is 4.29. The molecule has 2 N–H and O–H groups in total. The van der Waals surface area contributed by atoms with Crippen LogP contribution in [0, 0.1) is 6.92 Å². The number of hydrogen-bond donors (Lipinski definition) is 2. The predicted octanol–water partition coefficient (Wildman–Crippen LogP) is 3.47. The van der Waals surface area contributed by atoms with Gasteiger partial charge in [-0.2, -0.15) is 5.10 Å². The fourth-order valence-electron chi connectivity index (χ4n) is 2.38. The molecule has 2 aromatic carbocycles. The molecule has 0 saturated carbocycles. The first-order valence-corrected chi connectivity index (χ1v) is 7.67.